The SMILES string of the molecule is CCCC[C@H](CC)C(=O)N1CC(N=[N+]=[N-])C1. The molecule has 1 fully saturated rings. The molecule has 0 radical (unpaired) electrons. The molecule has 1 atom stereocenters. The largest absolute Gasteiger partial charge is 0.341 e. The van der Waals surface area contributed by atoms with Gasteiger partial charge in [0, 0.05) is 23.9 Å². The quantitative estimate of drug-likeness (QED) is 0.388. The van der Waals surface area contributed by atoms with Crippen LogP contribution in [0.5, 0.6) is 0 Å². The van der Waals surface area contributed by atoms with Crippen molar-refractivity contribution in [2.75, 3.05) is 13.1 Å². The number of unbranched alkanes of at least 4 members (excludes halogenated alkanes) is 1. The molecule has 1 saturated heterocycles. The molecule has 5 nitrogen and oxygen atoms in total. The maximum Gasteiger partial charge on any atom is 0.225 e. The maximum absolute atomic E-state index is 12.0. The van der Waals surface area contributed by atoms with E-state index in [9.17, 15) is 4.79 Å². The molecule has 1 amide bonds. The molecule has 0 aromatic carbocycles. The van der Waals surface area contributed by atoms with Crippen molar-refractivity contribution >= 4 is 5.91 Å². The van der Waals surface area contributed by atoms with Gasteiger partial charge in [-0.2, -0.15) is 0 Å². The minimum absolute atomic E-state index is 0.00219. The number of carbonyl (C=O) groups is 1. The molecule has 1 aliphatic heterocycles. The van der Waals surface area contributed by atoms with Gasteiger partial charge in [-0.15, -0.1) is 0 Å². The van der Waals surface area contributed by atoms with E-state index in [4.69, 9.17) is 5.53 Å². The van der Waals surface area contributed by atoms with E-state index < -0.39 is 0 Å². The summed E-state index contributed by atoms with van der Waals surface area (Å²) in [7, 11) is 0. The molecule has 0 aliphatic carbocycles. The summed E-state index contributed by atoms with van der Waals surface area (Å²) in [4.78, 5) is 16.6. The molecule has 16 heavy (non-hydrogen) atoms. The van der Waals surface area contributed by atoms with Gasteiger partial charge in [0.05, 0.1) is 6.04 Å². The first-order chi connectivity index (χ1) is 7.72. The van der Waals surface area contributed by atoms with Crippen LogP contribution in [0.4, 0.5) is 0 Å². The van der Waals surface area contributed by atoms with Crippen LogP contribution in [0.2, 0.25) is 0 Å². The zero-order valence-corrected chi connectivity index (χ0v) is 10.1. The third kappa shape index (κ3) is 3.14. The average molecular weight is 224 g/mol. The van der Waals surface area contributed by atoms with E-state index in [1.54, 1.807) is 0 Å². The summed E-state index contributed by atoms with van der Waals surface area (Å²) < 4.78 is 0. The fourth-order valence-corrected chi connectivity index (χ4v) is 1.99. The summed E-state index contributed by atoms with van der Waals surface area (Å²) in [5.41, 5.74) is 8.25. The molecule has 0 aromatic rings. The van der Waals surface area contributed by atoms with E-state index in [0.29, 0.717) is 13.1 Å². The van der Waals surface area contributed by atoms with E-state index in [1.807, 2.05) is 4.90 Å². The number of hydrogen-bond acceptors (Lipinski definition) is 2. The van der Waals surface area contributed by atoms with Crippen molar-refractivity contribution in [3.8, 4) is 0 Å². The van der Waals surface area contributed by atoms with Crippen molar-refractivity contribution < 1.29 is 4.79 Å². The Kier molecular flexibility index (Phi) is 5.12. The minimum Gasteiger partial charge on any atom is -0.341 e. The lowest BCUT2D eigenvalue weighted by Gasteiger charge is -2.38. The first-order valence-corrected chi connectivity index (χ1v) is 6.05. The van der Waals surface area contributed by atoms with Crippen molar-refractivity contribution in [3.05, 3.63) is 10.4 Å². The topological polar surface area (TPSA) is 69.1 Å². The van der Waals surface area contributed by atoms with Gasteiger partial charge in [0.2, 0.25) is 5.91 Å². The summed E-state index contributed by atoms with van der Waals surface area (Å²) in [5, 5.41) is 3.60. The number of likely N-dealkylation sites (tertiary alicyclic amines) is 1. The van der Waals surface area contributed by atoms with Gasteiger partial charge in [-0.05, 0) is 18.4 Å². The lowest BCUT2D eigenvalue weighted by molar-refractivity contribution is -0.140. The molecular weight excluding hydrogens is 204 g/mol. The van der Waals surface area contributed by atoms with Gasteiger partial charge >= 0.3 is 0 Å². The van der Waals surface area contributed by atoms with Crippen LogP contribution >= 0.6 is 0 Å². The molecule has 0 N–H and O–H groups in total. The fourth-order valence-electron chi connectivity index (χ4n) is 1.99. The van der Waals surface area contributed by atoms with Crippen LogP contribution in [0.3, 0.4) is 0 Å². The molecule has 5 heteroatoms. The Labute approximate surface area is 96.4 Å². The summed E-state index contributed by atoms with van der Waals surface area (Å²) in [6, 6.07) is -0.00219. The molecule has 0 bridgehead atoms. The molecular formula is C11H20N4O. The first kappa shape index (κ1) is 12.8. The zero-order chi connectivity index (χ0) is 12.0. The lowest BCUT2D eigenvalue weighted by Crippen LogP contribution is -2.54. The highest BCUT2D eigenvalue weighted by molar-refractivity contribution is 5.79. The molecule has 1 rings (SSSR count). The molecule has 0 saturated carbocycles. The number of hydrogen-bond donors (Lipinski definition) is 0. The normalized spacial score (nSPS) is 17.5. The van der Waals surface area contributed by atoms with Crippen LogP contribution in [-0.4, -0.2) is 29.9 Å². The number of amides is 1. The van der Waals surface area contributed by atoms with Gasteiger partial charge in [0.1, 0.15) is 0 Å². The van der Waals surface area contributed by atoms with Gasteiger partial charge < -0.3 is 4.90 Å². The monoisotopic (exact) mass is 224 g/mol. The van der Waals surface area contributed by atoms with Crippen molar-refractivity contribution in [1.82, 2.24) is 4.90 Å². The highest BCUT2D eigenvalue weighted by atomic mass is 16.2. The number of carbonyl (C=O) groups excluding carboxylic acids is 1. The van der Waals surface area contributed by atoms with Crippen LogP contribution in [0.25, 0.3) is 10.4 Å². The molecule has 0 spiro atoms. The standard InChI is InChI=1S/C11H20N4O/c1-3-5-6-9(4-2)11(16)15-7-10(8-15)13-14-12/h9-10H,3-8H2,1-2H3/t9-/m0/s1. The third-order valence-electron chi connectivity index (χ3n) is 3.14. The number of nitrogens with zero attached hydrogens (tertiary/aromatic N) is 4. The van der Waals surface area contributed by atoms with Gasteiger partial charge in [-0.1, -0.05) is 31.8 Å². The van der Waals surface area contributed by atoms with Crippen molar-refractivity contribution in [2.45, 2.75) is 45.6 Å². The second-order valence-corrected chi connectivity index (χ2v) is 4.35. The average Bonchev–Trinajstić information content (AvgIpc) is 2.23. The van der Waals surface area contributed by atoms with E-state index >= 15 is 0 Å². The number of azide groups is 1. The predicted octanol–water partition coefficient (Wildman–Crippen LogP) is 2.72. The lowest BCUT2D eigenvalue weighted by atomic mass is 9.95. The summed E-state index contributed by atoms with van der Waals surface area (Å²) in [6.45, 7) is 5.40. The Bertz CT molecular complexity index is 280. The second kappa shape index (κ2) is 6.38. The molecule has 0 aromatic heterocycles. The number of rotatable bonds is 6. The third-order valence-corrected chi connectivity index (χ3v) is 3.14. The molecule has 1 heterocycles. The summed E-state index contributed by atoms with van der Waals surface area (Å²) in [6.07, 6.45) is 4.12. The maximum atomic E-state index is 12.0. The Balaban J connectivity index is 2.36. The van der Waals surface area contributed by atoms with Gasteiger partial charge in [-0.25, -0.2) is 0 Å². The Morgan fingerprint density at radius 1 is 1.56 bits per heavy atom. The van der Waals surface area contributed by atoms with Crippen molar-refractivity contribution in [2.24, 2.45) is 11.0 Å². The first-order valence-electron chi connectivity index (χ1n) is 6.05. The van der Waals surface area contributed by atoms with E-state index in [1.165, 1.54) is 0 Å². The van der Waals surface area contributed by atoms with Crippen LogP contribution in [-0.2, 0) is 4.79 Å². The van der Waals surface area contributed by atoms with Gasteiger partial charge in [-0.3, -0.25) is 4.79 Å². The van der Waals surface area contributed by atoms with Crippen molar-refractivity contribution in [1.29, 1.82) is 0 Å². The van der Waals surface area contributed by atoms with Crippen LogP contribution in [0.1, 0.15) is 39.5 Å². The summed E-state index contributed by atoms with van der Waals surface area (Å²) >= 11 is 0. The Morgan fingerprint density at radius 2 is 2.25 bits per heavy atom. The predicted molar refractivity (Wildman–Crippen MR) is 62.8 cm³/mol. The minimum atomic E-state index is -0.00219. The van der Waals surface area contributed by atoms with Gasteiger partial charge in [0.15, 0.2) is 0 Å². The molecule has 90 valence electrons. The van der Waals surface area contributed by atoms with Crippen LogP contribution in [0, 0.1) is 5.92 Å². The Hall–Kier alpha value is -1.22. The zero-order valence-electron chi connectivity index (χ0n) is 10.1. The second-order valence-electron chi connectivity index (χ2n) is 4.35. The molecule has 0 unspecified atom stereocenters. The van der Waals surface area contributed by atoms with E-state index in [-0.39, 0.29) is 17.9 Å². The highest BCUT2D eigenvalue weighted by Gasteiger charge is 2.32. The summed E-state index contributed by atoms with van der Waals surface area (Å²) in [5.74, 6) is 0.396. The van der Waals surface area contributed by atoms with Gasteiger partial charge in [0.25, 0.3) is 0 Å². The fraction of sp³-hybridized carbons (Fsp3) is 0.909. The van der Waals surface area contributed by atoms with E-state index in [2.05, 4.69) is 23.9 Å². The van der Waals surface area contributed by atoms with Crippen LogP contribution < -0.4 is 0 Å². The Morgan fingerprint density at radius 3 is 2.75 bits per heavy atom. The highest BCUT2D eigenvalue weighted by Crippen LogP contribution is 2.20. The smallest absolute Gasteiger partial charge is 0.225 e. The van der Waals surface area contributed by atoms with Crippen molar-refractivity contribution in [3.63, 3.8) is 0 Å². The van der Waals surface area contributed by atoms with Crippen LogP contribution in [0.15, 0.2) is 5.11 Å². The molecule has 1 aliphatic rings. The van der Waals surface area contributed by atoms with E-state index in [0.717, 1.165) is 25.7 Å².